The summed E-state index contributed by atoms with van der Waals surface area (Å²) in [7, 11) is 0. The number of H-pyrrole nitrogens is 1. The summed E-state index contributed by atoms with van der Waals surface area (Å²) >= 11 is 0. The van der Waals surface area contributed by atoms with Crippen LogP contribution >= 0.6 is 0 Å². The van der Waals surface area contributed by atoms with Gasteiger partial charge in [0.1, 0.15) is 0 Å². The van der Waals surface area contributed by atoms with Crippen LogP contribution < -0.4 is 5.32 Å². The minimum Gasteiger partial charge on any atom is -0.338 e. The molecule has 0 radical (unpaired) electrons. The lowest BCUT2D eigenvalue weighted by molar-refractivity contribution is 0.0734. The fourth-order valence-electron chi connectivity index (χ4n) is 2.90. The number of aromatic amines is 1. The molecule has 0 unspecified atom stereocenters. The van der Waals surface area contributed by atoms with E-state index in [1.807, 2.05) is 35.2 Å². The Morgan fingerprint density at radius 1 is 1.17 bits per heavy atom. The van der Waals surface area contributed by atoms with Crippen LogP contribution in [0.4, 0.5) is 11.5 Å². The van der Waals surface area contributed by atoms with Crippen molar-refractivity contribution in [2.75, 3.05) is 11.9 Å². The molecule has 3 aromatic rings. The van der Waals surface area contributed by atoms with Gasteiger partial charge < -0.3 is 10.2 Å². The number of hydrogen-bond acceptors (Lipinski definition) is 4. The zero-order valence-corrected chi connectivity index (χ0v) is 13.1. The molecule has 0 fully saturated rings. The van der Waals surface area contributed by atoms with Gasteiger partial charge in [-0.3, -0.25) is 14.9 Å². The van der Waals surface area contributed by atoms with Crippen LogP contribution in [0.15, 0.2) is 54.9 Å². The van der Waals surface area contributed by atoms with Gasteiger partial charge in [-0.2, -0.15) is 5.10 Å². The first-order valence-electron chi connectivity index (χ1n) is 7.89. The maximum atomic E-state index is 12.6. The number of carbonyl (C=O) groups excluding carboxylic acids is 1. The van der Waals surface area contributed by atoms with Crippen LogP contribution in [0, 0.1) is 0 Å². The largest absolute Gasteiger partial charge is 0.338 e. The van der Waals surface area contributed by atoms with Gasteiger partial charge in [-0.1, -0.05) is 18.2 Å². The summed E-state index contributed by atoms with van der Waals surface area (Å²) in [5.41, 5.74) is 3.72. The lowest BCUT2D eigenvalue weighted by Gasteiger charge is -2.27. The number of fused-ring (bicyclic) bond motifs is 1. The molecular weight excluding hydrogens is 302 g/mol. The van der Waals surface area contributed by atoms with Gasteiger partial charge in [0.15, 0.2) is 5.82 Å². The average molecular weight is 319 g/mol. The van der Waals surface area contributed by atoms with Gasteiger partial charge in [-0.15, -0.1) is 0 Å². The van der Waals surface area contributed by atoms with E-state index in [1.165, 1.54) is 0 Å². The van der Waals surface area contributed by atoms with Gasteiger partial charge in [0, 0.05) is 42.3 Å². The van der Waals surface area contributed by atoms with Crippen molar-refractivity contribution in [3.63, 3.8) is 0 Å². The van der Waals surface area contributed by atoms with E-state index in [1.54, 1.807) is 24.5 Å². The Morgan fingerprint density at radius 2 is 2.04 bits per heavy atom. The number of rotatable bonds is 3. The molecule has 0 atom stereocenters. The van der Waals surface area contributed by atoms with E-state index in [-0.39, 0.29) is 5.91 Å². The summed E-state index contributed by atoms with van der Waals surface area (Å²) in [6.07, 6.45) is 4.05. The monoisotopic (exact) mass is 319 g/mol. The number of hydrogen-bond donors (Lipinski definition) is 2. The van der Waals surface area contributed by atoms with E-state index in [0.717, 1.165) is 29.2 Å². The van der Waals surface area contributed by atoms with Gasteiger partial charge in [-0.25, -0.2) is 0 Å². The highest BCUT2D eigenvalue weighted by Gasteiger charge is 2.26. The second-order valence-electron chi connectivity index (χ2n) is 5.74. The SMILES string of the molecule is O=C(c1cccnc1)N1CCc2[nH]nc(Nc3ccccc3)c2C1. The standard InChI is InChI=1S/C18H17N5O/c24-18(13-5-4-9-19-11-13)23-10-8-16-15(12-23)17(22-21-16)20-14-6-2-1-3-7-14/h1-7,9,11H,8,10,12H2,(H2,20,21,22). The van der Waals surface area contributed by atoms with Crippen molar-refractivity contribution in [1.82, 2.24) is 20.1 Å². The van der Waals surface area contributed by atoms with Crippen LogP contribution in [-0.4, -0.2) is 32.5 Å². The number of amides is 1. The Labute approximate surface area is 139 Å². The third kappa shape index (κ3) is 2.74. The van der Waals surface area contributed by atoms with Crippen molar-refractivity contribution in [3.05, 3.63) is 71.7 Å². The second-order valence-corrected chi connectivity index (χ2v) is 5.74. The van der Waals surface area contributed by atoms with E-state index in [0.29, 0.717) is 18.7 Å². The van der Waals surface area contributed by atoms with Crippen LogP contribution in [0.1, 0.15) is 21.6 Å². The average Bonchev–Trinajstić information content (AvgIpc) is 3.05. The van der Waals surface area contributed by atoms with Gasteiger partial charge >= 0.3 is 0 Å². The topological polar surface area (TPSA) is 73.9 Å². The maximum Gasteiger partial charge on any atom is 0.255 e. The second kappa shape index (κ2) is 6.16. The summed E-state index contributed by atoms with van der Waals surface area (Å²) in [5, 5.41) is 10.8. The molecule has 2 N–H and O–H groups in total. The third-order valence-electron chi connectivity index (χ3n) is 4.17. The summed E-state index contributed by atoms with van der Waals surface area (Å²) < 4.78 is 0. The Kier molecular flexibility index (Phi) is 3.70. The van der Waals surface area contributed by atoms with Crippen LogP contribution in [0.25, 0.3) is 0 Å². The maximum absolute atomic E-state index is 12.6. The lowest BCUT2D eigenvalue weighted by atomic mass is 10.1. The van der Waals surface area contributed by atoms with Gasteiger partial charge in [0.25, 0.3) is 5.91 Å². The first-order valence-corrected chi connectivity index (χ1v) is 7.89. The highest BCUT2D eigenvalue weighted by atomic mass is 16.2. The van der Waals surface area contributed by atoms with Crippen molar-refractivity contribution in [1.29, 1.82) is 0 Å². The molecule has 120 valence electrons. The van der Waals surface area contributed by atoms with E-state index >= 15 is 0 Å². The molecule has 2 aromatic heterocycles. The normalized spacial score (nSPS) is 13.4. The molecule has 24 heavy (non-hydrogen) atoms. The van der Waals surface area contributed by atoms with Crippen LogP contribution in [0.5, 0.6) is 0 Å². The molecule has 1 amide bonds. The molecule has 1 aliphatic heterocycles. The number of benzene rings is 1. The molecule has 0 bridgehead atoms. The molecule has 0 aliphatic carbocycles. The Bertz CT molecular complexity index is 844. The number of para-hydroxylation sites is 1. The highest BCUT2D eigenvalue weighted by Crippen LogP contribution is 2.27. The van der Waals surface area contributed by atoms with Crippen molar-refractivity contribution in [3.8, 4) is 0 Å². The predicted octanol–water partition coefficient (Wildman–Crippen LogP) is 2.75. The molecule has 4 rings (SSSR count). The molecule has 0 spiro atoms. The molecule has 3 heterocycles. The number of pyridine rings is 1. The lowest BCUT2D eigenvalue weighted by Crippen LogP contribution is -2.36. The molecule has 6 nitrogen and oxygen atoms in total. The van der Waals surface area contributed by atoms with Crippen LogP contribution in [0.2, 0.25) is 0 Å². The quantitative estimate of drug-likeness (QED) is 0.778. The number of aromatic nitrogens is 3. The van der Waals surface area contributed by atoms with Crippen LogP contribution in [0.3, 0.4) is 0 Å². The predicted molar refractivity (Wildman–Crippen MR) is 91.0 cm³/mol. The van der Waals surface area contributed by atoms with Crippen molar-refractivity contribution < 1.29 is 4.79 Å². The van der Waals surface area contributed by atoms with Gasteiger partial charge in [0.2, 0.25) is 0 Å². The summed E-state index contributed by atoms with van der Waals surface area (Å²) in [6.45, 7) is 1.21. The summed E-state index contributed by atoms with van der Waals surface area (Å²) in [6, 6.07) is 13.5. The first-order chi connectivity index (χ1) is 11.8. The minimum absolute atomic E-state index is 0.000566. The molecule has 1 aliphatic rings. The Balaban J connectivity index is 1.56. The molecule has 0 saturated carbocycles. The summed E-state index contributed by atoms with van der Waals surface area (Å²) in [5.74, 6) is 0.778. The number of nitrogens with one attached hydrogen (secondary N) is 2. The third-order valence-corrected chi connectivity index (χ3v) is 4.17. The van der Waals surface area contributed by atoms with Crippen molar-refractivity contribution in [2.45, 2.75) is 13.0 Å². The van der Waals surface area contributed by atoms with E-state index < -0.39 is 0 Å². The smallest absolute Gasteiger partial charge is 0.255 e. The van der Waals surface area contributed by atoms with Crippen molar-refractivity contribution >= 4 is 17.4 Å². The number of nitrogens with zero attached hydrogens (tertiary/aromatic N) is 3. The number of carbonyl (C=O) groups is 1. The zero-order valence-electron chi connectivity index (χ0n) is 13.1. The Hall–Kier alpha value is -3.15. The molecule has 6 heteroatoms. The molecule has 1 aromatic carbocycles. The first kappa shape index (κ1) is 14.4. The Morgan fingerprint density at radius 3 is 2.83 bits per heavy atom. The van der Waals surface area contributed by atoms with Gasteiger partial charge in [-0.05, 0) is 24.3 Å². The van der Waals surface area contributed by atoms with E-state index in [9.17, 15) is 4.79 Å². The fourth-order valence-corrected chi connectivity index (χ4v) is 2.90. The fraction of sp³-hybridized carbons (Fsp3) is 0.167. The zero-order chi connectivity index (χ0) is 16.4. The number of anilines is 2. The van der Waals surface area contributed by atoms with E-state index in [4.69, 9.17) is 0 Å². The highest BCUT2D eigenvalue weighted by molar-refractivity contribution is 5.94. The molecule has 0 saturated heterocycles. The van der Waals surface area contributed by atoms with Crippen LogP contribution in [-0.2, 0) is 13.0 Å². The molecular formula is C18H17N5O. The van der Waals surface area contributed by atoms with Crippen molar-refractivity contribution in [2.24, 2.45) is 0 Å². The minimum atomic E-state index is 0.000566. The van der Waals surface area contributed by atoms with Gasteiger partial charge in [0.05, 0.1) is 12.1 Å². The van der Waals surface area contributed by atoms with E-state index in [2.05, 4.69) is 20.5 Å². The summed E-state index contributed by atoms with van der Waals surface area (Å²) in [4.78, 5) is 18.5.